The molecule has 0 atom stereocenters. The summed E-state index contributed by atoms with van der Waals surface area (Å²) >= 11 is 0. The van der Waals surface area contributed by atoms with Gasteiger partial charge in [0.2, 0.25) is 5.91 Å². The Bertz CT molecular complexity index is 739. The third kappa shape index (κ3) is 5.77. The first kappa shape index (κ1) is 19.8. The number of aliphatic imine (C=N–C) groups is 1. The van der Waals surface area contributed by atoms with Gasteiger partial charge in [0.15, 0.2) is 5.96 Å². The molecule has 0 bridgehead atoms. The number of methoxy groups -OCH3 is 1. The summed E-state index contributed by atoms with van der Waals surface area (Å²) in [5.41, 5.74) is 3.65. The number of guanidine groups is 1. The van der Waals surface area contributed by atoms with Crippen LogP contribution in [0.4, 0.5) is 0 Å². The Labute approximate surface area is 154 Å². The summed E-state index contributed by atoms with van der Waals surface area (Å²) in [7, 11) is 1.60. The molecule has 7 heteroatoms. The molecule has 7 nitrogen and oxygen atoms in total. The van der Waals surface area contributed by atoms with E-state index in [0.717, 1.165) is 25.0 Å². The van der Waals surface area contributed by atoms with E-state index in [0.29, 0.717) is 19.1 Å². The van der Waals surface area contributed by atoms with Gasteiger partial charge in [-0.15, -0.1) is 0 Å². The molecule has 142 valence electrons. The van der Waals surface area contributed by atoms with Gasteiger partial charge in [-0.2, -0.15) is 0 Å². The lowest BCUT2D eigenvalue weighted by Gasteiger charge is -2.11. The molecule has 1 aromatic heterocycles. The Morgan fingerprint density at radius 2 is 2.00 bits per heavy atom. The number of nitrogens with zero attached hydrogens (tertiary/aromatic N) is 1. The molecular formula is C19H29N5O2. The number of aromatic nitrogens is 1. The quantitative estimate of drug-likeness (QED) is 0.309. The molecular weight excluding hydrogens is 330 g/mol. The first-order valence-electron chi connectivity index (χ1n) is 8.99. The molecule has 1 heterocycles. The highest BCUT2D eigenvalue weighted by atomic mass is 16.5. The smallest absolute Gasteiger partial charge is 0.241 e. The van der Waals surface area contributed by atoms with Crippen molar-refractivity contribution in [2.75, 3.05) is 39.9 Å². The molecule has 0 spiro atoms. The monoisotopic (exact) mass is 359 g/mol. The van der Waals surface area contributed by atoms with Crippen molar-refractivity contribution in [2.24, 2.45) is 4.99 Å². The van der Waals surface area contributed by atoms with Crippen molar-refractivity contribution >= 4 is 22.8 Å². The highest BCUT2D eigenvalue weighted by Gasteiger charge is 2.08. The second-order valence-electron chi connectivity index (χ2n) is 5.99. The highest BCUT2D eigenvalue weighted by molar-refractivity contribution is 5.86. The van der Waals surface area contributed by atoms with Gasteiger partial charge < -0.3 is 25.7 Å². The summed E-state index contributed by atoms with van der Waals surface area (Å²) in [4.78, 5) is 19.5. The summed E-state index contributed by atoms with van der Waals surface area (Å²) in [5, 5.41) is 10.5. The third-order valence-corrected chi connectivity index (χ3v) is 4.05. The van der Waals surface area contributed by atoms with Gasteiger partial charge in [-0.1, -0.05) is 18.2 Å². The fourth-order valence-corrected chi connectivity index (χ4v) is 2.80. The van der Waals surface area contributed by atoms with E-state index in [1.54, 1.807) is 7.11 Å². The molecule has 0 aliphatic carbocycles. The number of hydrogen-bond donors (Lipinski definition) is 4. The van der Waals surface area contributed by atoms with Crippen LogP contribution in [0.25, 0.3) is 10.9 Å². The maximum atomic E-state index is 11.7. The number of rotatable bonds is 9. The van der Waals surface area contributed by atoms with E-state index < -0.39 is 0 Å². The van der Waals surface area contributed by atoms with Crippen molar-refractivity contribution in [2.45, 2.75) is 20.3 Å². The van der Waals surface area contributed by atoms with Crippen molar-refractivity contribution < 1.29 is 9.53 Å². The summed E-state index contributed by atoms with van der Waals surface area (Å²) in [5.74, 6) is 0.526. The molecule has 0 aliphatic heterocycles. The van der Waals surface area contributed by atoms with Crippen LogP contribution in [0.5, 0.6) is 0 Å². The van der Waals surface area contributed by atoms with Gasteiger partial charge in [0.05, 0.1) is 6.61 Å². The molecule has 2 aromatic rings. The SMILES string of the molecule is CCNC(=NCC(=O)NCCOC)NCCc1c(C)[nH]c2ccccc12. The largest absolute Gasteiger partial charge is 0.383 e. The number of hydrogen-bond acceptors (Lipinski definition) is 3. The molecule has 4 N–H and O–H groups in total. The third-order valence-electron chi connectivity index (χ3n) is 4.05. The first-order valence-corrected chi connectivity index (χ1v) is 8.99. The molecule has 0 radical (unpaired) electrons. The molecule has 0 saturated carbocycles. The van der Waals surface area contributed by atoms with E-state index >= 15 is 0 Å². The minimum atomic E-state index is -0.119. The van der Waals surface area contributed by atoms with Crippen LogP contribution in [0.1, 0.15) is 18.2 Å². The van der Waals surface area contributed by atoms with Gasteiger partial charge in [0.25, 0.3) is 0 Å². The number of carbonyl (C=O) groups excluding carboxylic acids is 1. The van der Waals surface area contributed by atoms with E-state index in [1.165, 1.54) is 16.6 Å². The Morgan fingerprint density at radius 3 is 2.77 bits per heavy atom. The predicted octanol–water partition coefficient (Wildman–Crippen LogP) is 1.34. The Kier molecular flexibility index (Phi) is 7.95. The average Bonchev–Trinajstić information content (AvgIpc) is 2.95. The number of carbonyl (C=O) groups is 1. The number of ether oxygens (including phenoxy) is 1. The van der Waals surface area contributed by atoms with Crippen molar-refractivity contribution in [3.63, 3.8) is 0 Å². The van der Waals surface area contributed by atoms with Crippen LogP contribution in [0.2, 0.25) is 0 Å². The predicted molar refractivity (Wildman–Crippen MR) is 106 cm³/mol. The number of H-pyrrole nitrogens is 1. The highest BCUT2D eigenvalue weighted by Crippen LogP contribution is 2.21. The second kappa shape index (κ2) is 10.5. The fraction of sp³-hybridized carbons (Fsp3) is 0.474. The molecule has 1 amide bonds. The van der Waals surface area contributed by atoms with E-state index in [-0.39, 0.29) is 12.5 Å². The average molecular weight is 359 g/mol. The van der Waals surface area contributed by atoms with Crippen molar-refractivity contribution in [1.82, 2.24) is 20.9 Å². The zero-order chi connectivity index (χ0) is 18.8. The van der Waals surface area contributed by atoms with Gasteiger partial charge in [0.1, 0.15) is 6.54 Å². The minimum Gasteiger partial charge on any atom is -0.383 e. The normalized spacial score (nSPS) is 11.6. The minimum absolute atomic E-state index is 0.0885. The number of amides is 1. The first-order chi connectivity index (χ1) is 12.7. The van der Waals surface area contributed by atoms with Crippen molar-refractivity contribution in [1.29, 1.82) is 0 Å². The summed E-state index contributed by atoms with van der Waals surface area (Å²) in [6, 6.07) is 8.32. The molecule has 0 aliphatic rings. The van der Waals surface area contributed by atoms with Crippen LogP contribution in [0.3, 0.4) is 0 Å². The molecule has 0 saturated heterocycles. The maximum Gasteiger partial charge on any atom is 0.241 e. The van der Waals surface area contributed by atoms with E-state index in [1.807, 2.05) is 13.0 Å². The standard InChI is InChI=1S/C19H29N5O2/c1-4-20-19(23-13-18(25)21-11-12-26-3)22-10-9-15-14(2)24-17-8-6-5-7-16(15)17/h5-8,24H,4,9-13H2,1-3H3,(H,21,25)(H2,20,22,23). The Balaban J connectivity index is 1.88. The zero-order valence-electron chi connectivity index (χ0n) is 15.8. The van der Waals surface area contributed by atoms with Crippen molar-refractivity contribution in [3.05, 3.63) is 35.5 Å². The molecule has 26 heavy (non-hydrogen) atoms. The van der Waals surface area contributed by atoms with Crippen molar-refractivity contribution in [3.8, 4) is 0 Å². The van der Waals surface area contributed by atoms with Crippen LogP contribution < -0.4 is 16.0 Å². The lowest BCUT2D eigenvalue weighted by Crippen LogP contribution is -2.39. The Morgan fingerprint density at radius 1 is 1.19 bits per heavy atom. The zero-order valence-corrected chi connectivity index (χ0v) is 15.8. The molecule has 1 aromatic carbocycles. The van der Waals surface area contributed by atoms with Gasteiger partial charge in [-0.05, 0) is 31.9 Å². The van der Waals surface area contributed by atoms with Gasteiger partial charge >= 0.3 is 0 Å². The molecule has 0 fully saturated rings. The van der Waals surface area contributed by atoms with Gasteiger partial charge in [-0.3, -0.25) is 4.79 Å². The van der Waals surface area contributed by atoms with Crippen LogP contribution in [0.15, 0.2) is 29.3 Å². The number of benzene rings is 1. The van der Waals surface area contributed by atoms with E-state index in [9.17, 15) is 4.79 Å². The summed E-state index contributed by atoms with van der Waals surface area (Å²) in [6.07, 6.45) is 0.875. The number of fused-ring (bicyclic) bond motifs is 1. The summed E-state index contributed by atoms with van der Waals surface area (Å²) < 4.78 is 4.91. The second-order valence-corrected chi connectivity index (χ2v) is 5.99. The topological polar surface area (TPSA) is 90.5 Å². The number of aromatic amines is 1. The van der Waals surface area contributed by atoms with Crippen LogP contribution >= 0.6 is 0 Å². The summed E-state index contributed by atoms with van der Waals surface area (Å²) in [6.45, 7) is 6.65. The molecule has 0 unspecified atom stereocenters. The number of aryl methyl sites for hydroxylation is 1. The van der Waals surface area contributed by atoms with Crippen LogP contribution in [0, 0.1) is 6.92 Å². The van der Waals surface area contributed by atoms with Gasteiger partial charge in [0, 0.05) is 43.3 Å². The van der Waals surface area contributed by atoms with E-state index in [4.69, 9.17) is 4.74 Å². The van der Waals surface area contributed by atoms with Crippen LogP contribution in [-0.2, 0) is 16.0 Å². The molecule has 2 rings (SSSR count). The maximum absolute atomic E-state index is 11.7. The van der Waals surface area contributed by atoms with E-state index in [2.05, 4.69) is 51.0 Å². The van der Waals surface area contributed by atoms with Gasteiger partial charge in [-0.25, -0.2) is 4.99 Å². The lowest BCUT2D eigenvalue weighted by molar-refractivity contribution is -0.119. The number of para-hydroxylation sites is 1. The fourth-order valence-electron chi connectivity index (χ4n) is 2.80. The lowest BCUT2D eigenvalue weighted by atomic mass is 10.1. The number of nitrogens with one attached hydrogen (secondary N) is 4. The van der Waals surface area contributed by atoms with Crippen LogP contribution in [-0.4, -0.2) is 56.7 Å². The Hall–Kier alpha value is -2.54.